The molecule has 2 aromatic heterocycles. The number of ether oxygens (including phenoxy) is 3. The summed E-state index contributed by atoms with van der Waals surface area (Å²) in [5, 5.41) is 0. The van der Waals surface area contributed by atoms with Gasteiger partial charge in [-0.1, -0.05) is 30.1 Å². The van der Waals surface area contributed by atoms with Gasteiger partial charge < -0.3 is 18.6 Å². The molecule has 0 fully saturated rings. The quantitative estimate of drug-likeness (QED) is 0.381. The highest BCUT2D eigenvalue weighted by Gasteiger charge is 2.34. The van der Waals surface area contributed by atoms with E-state index in [1.54, 1.807) is 44.4 Å². The van der Waals surface area contributed by atoms with Gasteiger partial charge in [-0.15, -0.1) is 0 Å². The molecule has 4 rings (SSSR count). The number of carbonyl (C=O) groups excluding carboxylic acids is 1. The summed E-state index contributed by atoms with van der Waals surface area (Å²) >= 11 is 1.23. The third-order valence-corrected chi connectivity index (χ3v) is 6.31. The van der Waals surface area contributed by atoms with Crippen LogP contribution in [0.1, 0.15) is 30.0 Å². The van der Waals surface area contributed by atoms with Gasteiger partial charge in [-0.05, 0) is 43.7 Å². The van der Waals surface area contributed by atoms with Gasteiger partial charge in [0.25, 0.3) is 5.56 Å². The summed E-state index contributed by atoms with van der Waals surface area (Å²) in [5.41, 5.74) is 1.09. The summed E-state index contributed by atoms with van der Waals surface area (Å²) < 4.78 is 23.7. The van der Waals surface area contributed by atoms with Crippen LogP contribution in [0.15, 0.2) is 68.5 Å². The topological polar surface area (TPSA) is 92.3 Å². The van der Waals surface area contributed by atoms with Crippen LogP contribution in [0.4, 0.5) is 0 Å². The van der Waals surface area contributed by atoms with Crippen LogP contribution in [0, 0.1) is 6.92 Å². The molecule has 0 N–H and O–H groups in total. The highest BCUT2D eigenvalue weighted by atomic mass is 32.1. The highest BCUT2D eigenvalue weighted by molar-refractivity contribution is 7.07. The van der Waals surface area contributed by atoms with E-state index >= 15 is 0 Å². The number of esters is 1. The summed E-state index contributed by atoms with van der Waals surface area (Å²) in [6, 6.07) is 8.12. The van der Waals surface area contributed by atoms with Gasteiger partial charge >= 0.3 is 5.97 Å². The van der Waals surface area contributed by atoms with Crippen molar-refractivity contribution in [2.45, 2.75) is 19.9 Å². The van der Waals surface area contributed by atoms with Gasteiger partial charge in [0, 0.05) is 6.08 Å². The van der Waals surface area contributed by atoms with Crippen molar-refractivity contribution in [1.82, 2.24) is 4.57 Å². The maximum atomic E-state index is 13.6. The Bertz CT molecular complexity index is 1470. The van der Waals surface area contributed by atoms with Crippen molar-refractivity contribution < 1.29 is 23.4 Å². The smallest absolute Gasteiger partial charge is 0.338 e. The lowest BCUT2D eigenvalue weighted by Crippen LogP contribution is -2.40. The second-order valence-corrected chi connectivity index (χ2v) is 8.54. The van der Waals surface area contributed by atoms with Crippen molar-refractivity contribution in [3.05, 3.63) is 91.0 Å². The van der Waals surface area contributed by atoms with Crippen LogP contribution in [0.3, 0.4) is 0 Å². The summed E-state index contributed by atoms with van der Waals surface area (Å²) in [4.78, 5) is 31.7. The molecule has 0 bridgehead atoms. The van der Waals surface area contributed by atoms with Crippen LogP contribution in [-0.4, -0.2) is 31.4 Å². The Hall–Kier alpha value is -3.85. The summed E-state index contributed by atoms with van der Waals surface area (Å²) in [7, 11) is 3.07. The Morgan fingerprint density at radius 2 is 1.97 bits per heavy atom. The van der Waals surface area contributed by atoms with Gasteiger partial charge in [0.05, 0.1) is 36.1 Å². The fourth-order valence-corrected chi connectivity index (χ4v) is 4.82. The van der Waals surface area contributed by atoms with E-state index in [0.717, 1.165) is 5.76 Å². The molecule has 0 saturated carbocycles. The zero-order valence-electron chi connectivity index (χ0n) is 19.3. The Morgan fingerprint density at radius 1 is 1.21 bits per heavy atom. The van der Waals surface area contributed by atoms with E-state index in [2.05, 4.69) is 11.6 Å². The largest absolute Gasteiger partial charge is 0.493 e. The van der Waals surface area contributed by atoms with Crippen LogP contribution < -0.4 is 24.4 Å². The van der Waals surface area contributed by atoms with Crippen molar-refractivity contribution in [1.29, 1.82) is 0 Å². The van der Waals surface area contributed by atoms with Crippen LogP contribution >= 0.6 is 11.3 Å². The normalized spacial score (nSPS) is 15.5. The van der Waals surface area contributed by atoms with Crippen molar-refractivity contribution in [2.24, 2.45) is 4.99 Å². The van der Waals surface area contributed by atoms with Gasteiger partial charge in [-0.25, -0.2) is 9.79 Å². The Kier molecular flexibility index (Phi) is 6.56. The Morgan fingerprint density at radius 3 is 2.62 bits per heavy atom. The van der Waals surface area contributed by atoms with Gasteiger partial charge in [0.2, 0.25) is 0 Å². The lowest BCUT2D eigenvalue weighted by molar-refractivity contribution is -0.138. The maximum absolute atomic E-state index is 13.6. The number of thiazole rings is 1. The molecule has 0 amide bonds. The maximum Gasteiger partial charge on any atom is 0.338 e. The molecular weight excluding hydrogens is 456 g/mol. The van der Waals surface area contributed by atoms with Gasteiger partial charge in [0.1, 0.15) is 18.1 Å². The zero-order valence-corrected chi connectivity index (χ0v) is 20.1. The van der Waals surface area contributed by atoms with Crippen molar-refractivity contribution in [2.75, 3.05) is 20.8 Å². The molecule has 1 atom stereocenters. The van der Waals surface area contributed by atoms with Crippen LogP contribution in [0.2, 0.25) is 0 Å². The number of benzene rings is 1. The minimum absolute atomic E-state index is 0.0382. The number of nitrogens with zero attached hydrogens (tertiary/aromatic N) is 2. The molecular formula is C25H24N2O6S. The molecule has 3 aromatic rings. The molecule has 1 aromatic carbocycles. The van der Waals surface area contributed by atoms with E-state index < -0.39 is 12.0 Å². The standard InChI is InChI=1S/C25H24N2O6S/c1-6-11-32-24(29)21-15(3)26-25-27(22(21)16-8-10-18(30-4)19(12-16)31-5)23(28)20(34-25)13-17-9-7-14(2)33-17/h6-10,12-13,22H,1,11H2,2-5H3/b20-13-. The highest BCUT2D eigenvalue weighted by Crippen LogP contribution is 2.36. The Labute approximate surface area is 199 Å². The molecule has 1 aliphatic heterocycles. The Balaban J connectivity index is 1.96. The van der Waals surface area contributed by atoms with Crippen molar-refractivity contribution >= 4 is 23.4 Å². The van der Waals surface area contributed by atoms with E-state index in [0.29, 0.717) is 37.9 Å². The zero-order chi connectivity index (χ0) is 24.4. The number of rotatable bonds is 7. The second kappa shape index (κ2) is 9.56. The molecule has 0 aliphatic carbocycles. The van der Waals surface area contributed by atoms with E-state index in [-0.39, 0.29) is 17.7 Å². The number of aryl methyl sites for hydroxylation is 1. The predicted molar refractivity (Wildman–Crippen MR) is 128 cm³/mol. The molecule has 34 heavy (non-hydrogen) atoms. The molecule has 3 heterocycles. The van der Waals surface area contributed by atoms with E-state index in [9.17, 15) is 9.59 Å². The number of carbonyl (C=O) groups is 1. The first-order valence-electron chi connectivity index (χ1n) is 10.5. The monoisotopic (exact) mass is 480 g/mol. The van der Waals surface area contributed by atoms with Crippen molar-refractivity contribution in [3.8, 4) is 11.5 Å². The van der Waals surface area contributed by atoms with Crippen LogP contribution in [0.5, 0.6) is 11.5 Å². The molecule has 0 radical (unpaired) electrons. The van der Waals surface area contributed by atoms with Crippen LogP contribution in [-0.2, 0) is 9.53 Å². The first-order chi connectivity index (χ1) is 16.4. The fraction of sp³-hybridized carbons (Fsp3) is 0.240. The first kappa shape index (κ1) is 23.3. The lowest BCUT2D eigenvalue weighted by Gasteiger charge is -2.25. The molecule has 1 unspecified atom stereocenters. The third-order valence-electron chi connectivity index (χ3n) is 5.33. The molecule has 176 valence electrons. The van der Waals surface area contributed by atoms with Gasteiger partial charge in [-0.2, -0.15) is 0 Å². The van der Waals surface area contributed by atoms with E-state index in [4.69, 9.17) is 18.6 Å². The van der Waals surface area contributed by atoms with E-state index in [1.807, 2.05) is 13.0 Å². The average Bonchev–Trinajstić information content (AvgIpc) is 3.38. The molecule has 9 heteroatoms. The lowest BCUT2D eigenvalue weighted by atomic mass is 9.95. The number of methoxy groups -OCH3 is 2. The minimum Gasteiger partial charge on any atom is -0.493 e. The number of fused-ring (bicyclic) bond motifs is 1. The van der Waals surface area contributed by atoms with E-state index in [1.165, 1.54) is 29.1 Å². The summed E-state index contributed by atoms with van der Waals surface area (Å²) in [6.45, 7) is 7.20. The number of allylic oxidation sites excluding steroid dienone is 1. The number of hydrogen-bond acceptors (Lipinski definition) is 8. The number of furan rings is 1. The second-order valence-electron chi connectivity index (χ2n) is 7.53. The third kappa shape index (κ3) is 4.22. The molecule has 0 spiro atoms. The SMILES string of the molecule is C=CCOC(=O)C1=C(C)N=c2s/c(=C\c3ccc(C)o3)c(=O)n2C1c1ccc(OC)c(OC)c1. The molecule has 1 aliphatic rings. The fourth-order valence-electron chi connectivity index (χ4n) is 3.79. The summed E-state index contributed by atoms with van der Waals surface area (Å²) in [6.07, 6.45) is 3.16. The van der Waals surface area contributed by atoms with Gasteiger partial charge in [0.15, 0.2) is 16.3 Å². The number of hydrogen-bond donors (Lipinski definition) is 0. The minimum atomic E-state index is -0.770. The molecule has 0 saturated heterocycles. The van der Waals surface area contributed by atoms with Crippen LogP contribution in [0.25, 0.3) is 6.08 Å². The summed E-state index contributed by atoms with van der Waals surface area (Å²) in [5.74, 6) is 1.74. The van der Waals surface area contributed by atoms with Gasteiger partial charge in [-0.3, -0.25) is 9.36 Å². The predicted octanol–water partition coefficient (Wildman–Crippen LogP) is 2.88. The number of aromatic nitrogens is 1. The van der Waals surface area contributed by atoms with Crippen molar-refractivity contribution in [3.63, 3.8) is 0 Å². The first-order valence-corrected chi connectivity index (χ1v) is 11.3. The average molecular weight is 481 g/mol. The molecule has 8 nitrogen and oxygen atoms in total.